The van der Waals surface area contributed by atoms with Gasteiger partial charge in [0.15, 0.2) is 0 Å². The molecule has 2 aromatic carbocycles. The van der Waals surface area contributed by atoms with Crippen LogP contribution in [-0.2, 0) is 4.79 Å². The van der Waals surface area contributed by atoms with E-state index in [1.54, 1.807) is 19.2 Å². The Kier molecular flexibility index (Phi) is 4.77. The van der Waals surface area contributed by atoms with Crippen LogP contribution in [0.3, 0.4) is 0 Å². The number of rotatable bonds is 6. The van der Waals surface area contributed by atoms with E-state index in [0.29, 0.717) is 6.42 Å². The van der Waals surface area contributed by atoms with Crippen LogP contribution in [0.2, 0.25) is 0 Å². The van der Waals surface area contributed by atoms with E-state index in [1.165, 1.54) is 0 Å². The minimum Gasteiger partial charge on any atom is -0.508 e. The maximum absolute atomic E-state index is 10.7. The van der Waals surface area contributed by atoms with Crippen LogP contribution in [0.15, 0.2) is 48.5 Å². The molecule has 0 bridgehead atoms. The average Bonchev–Trinajstić information content (AvgIpc) is 2.49. The maximum Gasteiger partial charge on any atom is 0.120 e. The molecule has 1 N–H and O–H groups in total. The van der Waals surface area contributed by atoms with Gasteiger partial charge < -0.3 is 14.6 Å². The van der Waals surface area contributed by atoms with Crippen molar-refractivity contribution in [1.82, 2.24) is 0 Å². The van der Waals surface area contributed by atoms with E-state index in [0.717, 1.165) is 29.6 Å². The van der Waals surface area contributed by atoms with Gasteiger partial charge in [0.05, 0.1) is 7.11 Å². The molecule has 0 fully saturated rings. The first-order valence-electron chi connectivity index (χ1n) is 6.61. The maximum atomic E-state index is 10.7. The van der Waals surface area contributed by atoms with Crippen molar-refractivity contribution in [2.24, 2.45) is 0 Å². The third-order valence-corrected chi connectivity index (χ3v) is 3.36. The Labute approximate surface area is 118 Å². The number of ether oxygens (including phenoxy) is 1. The van der Waals surface area contributed by atoms with Crippen LogP contribution in [0.1, 0.15) is 29.9 Å². The highest BCUT2D eigenvalue weighted by molar-refractivity contribution is 5.50. The Balaban J connectivity index is 2.35. The van der Waals surface area contributed by atoms with Gasteiger partial charge in [0.25, 0.3) is 0 Å². The fourth-order valence-corrected chi connectivity index (χ4v) is 2.33. The quantitative estimate of drug-likeness (QED) is 0.817. The summed E-state index contributed by atoms with van der Waals surface area (Å²) in [6.07, 6.45) is 2.18. The Morgan fingerprint density at radius 1 is 1.15 bits per heavy atom. The first-order chi connectivity index (χ1) is 9.74. The highest BCUT2D eigenvalue weighted by Crippen LogP contribution is 2.31. The van der Waals surface area contributed by atoms with Gasteiger partial charge in [-0.15, -0.1) is 0 Å². The lowest BCUT2D eigenvalue weighted by atomic mass is 9.87. The van der Waals surface area contributed by atoms with Crippen molar-refractivity contribution in [2.75, 3.05) is 7.11 Å². The van der Waals surface area contributed by atoms with Gasteiger partial charge in [-0.3, -0.25) is 0 Å². The normalized spacial score (nSPS) is 11.8. The number of phenolic OH excluding ortho intramolecular Hbond substituents is 1. The molecule has 0 aliphatic rings. The number of carbonyl (C=O) groups excluding carboxylic acids is 1. The average molecular weight is 270 g/mol. The minimum atomic E-state index is 0.121. The first kappa shape index (κ1) is 14.1. The first-order valence-corrected chi connectivity index (χ1v) is 6.61. The lowest BCUT2D eigenvalue weighted by Crippen LogP contribution is -2.02. The molecule has 0 radical (unpaired) electrons. The van der Waals surface area contributed by atoms with Gasteiger partial charge in [0, 0.05) is 12.3 Å². The van der Waals surface area contributed by atoms with Gasteiger partial charge in [-0.1, -0.05) is 24.3 Å². The third kappa shape index (κ3) is 3.38. The highest BCUT2D eigenvalue weighted by atomic mass is 16.5. The third-order valence-electron chi connectivity index (χ3n) is 3.36. The Morgan fingerprint density at radius 3 is 2.55 bits per heavy atom. The lowest BCUT2D eigenvalue weighted by Gasteiger charge is -2.18. The molecule has 0 heterocycles. The summed E-state index contributed by atoms with van der Waals surface area (Å²) in [6.45, 7) is 0. The monoisotopic (exact) mass is 270 g/mol. The second-order valence-electron chi connectivity index (χ2n) is 4.66. The predicted octanol–water partition coefficient (Wildman–Crippen LogP) is 3.51. The summed E-state index contributed by atoms with van der Waals surface area (Å²) in [7, 11) is 1.64. The smallest absolute Gasteiger partial charge is 0.120 e. The summed E-state index contributed by atoms with van der Waals surface area (Å²) < 4.78 is 5.25. The van der Waals surface area contributed by atoms with Crippen molar-refractivity contribution in [3.63, 3.8) is 0 Å². The summed E-state index contributed by atoms with van der Waals surface area (Å²) in [4.78, 5) is 10.7. The molecule has 0 saturated heterocycles. The number of hydrogen-bond donors (Lipinski definition) is 1. The largest absolute Gasteiger partial charge is 0.508 e. The molecule has 2 rings (SSSR count). The van der Waals surface area contributed by atoms with Crippen LogP contribution in [0.4, 0.5) is 0 Å². The van der Waals surface area contributed by atoms with Gasteiger partial charge in [-0.05, 0) is 41.8 Å². The van der Waals surface area contributed by atoms with Crippen molar-refractivity contribution in [3.8, 4) is 11.5 Å². The zero-order valence-electron chi connectivity index (χ0n) is 11.5. The number of methoxy groups -OCH3 is 1. The highest BCUT2D eigenvalue weighted by Gasteiger charge is 2.14. The summed E-state index contributed by atoms with van der Waals surface area (Å²) in [5.74, 6) is 1.17. The van der Waals surface area contributed by atoms with Gasteiger partial charge >= 0.3 is 0 Å². The van der Waals surface area contributed by atoms with Gasteiger partial charge in [-0.2, -0.15) is 0 Å². The van der Waals surface area contributed by atoms with E-state index in [4.69, 9.17) is 4.74 Å². The van der Waals surface area contributed by atoms with Crippen molar-refractivity contribution in [2.45, 2.75) is 18.8 Å². The van der Waals surface area contributed by atoms with Gasteiger partial charge in [-0.25, -0.2) is 0 Å². The molecular formula is C17H18O3. The van der Waals surface area contributed by atoms with Crippen molar-refractivity contribution >= 4 is 6.29 Å². The standard InChI is InChI=1S/C17H18O3/c1-20-16-5-2-4-14(12-16)17(6-3-11-18)13-7-9-15(19)10-8-13/h2,4-5,7-12,17,19H,3,6H2,1H3. The van der Waals surface area contributed by atoms with Crippen LogP contribution >= 0.6 is 0 Å². The van der Waals surface area contributed by atoms with E-state index < -0.39 is 0 Å². The van der Waals surface area contributed by atoms with Crippen LogP contribution in [0.25, 0.3) is 0 Å². The van der Waals surface area contributed by atoms with E-state index in [2.05, 4.69) is 0 Å². The van der Waals surface area contributed by atoms with E-state index in [9.17, 15) is 9.90 Å². The van der Waals surface area contributed by atoms with Crippen molar-refractivity contribution < 1.29 is 14.6 Å². The summed E-state index contributed by atoms with van der Waals surface area (Å²) in [5, 5.41) is 9.39. The lowest BCUT2D eigenvalue weighted by molar-refractivity contribution is -0.107. The second kappa shape index (κ2) is 6.75. The van der Waals surface area contributed by atoms with Gasteiger partial charge in [0.2, 0.25) is 0 Å². The van der Waals surface area contributed by atoms with E-state index >= 15 is 0 Å². The molecule has 1 unspecified atom stereocenters. The number of hydrogen-bond acceptors (Lipinski definition) is 3. The summed E-state index contributed by atoms with van der Waals surface area (Å²) in [6, 6.07) is 15.0. The molecule has 0 amide bonds. The van der Waals surface area contributed by atoms with E-state index in [1.807, 2.05) is 36.4 Å². The Bertz CT molecular complexity index is 561. The van der Waals surface area contributed by atoms with Crippen LogP contribution in [-0.4, -0.2) is 18.5 Å². The fraction of sp³-hybridized carbons (Fsp3) is 0.235. The van der Waals surface area contributed by atoms with Gasteiger partial charge in [0.1, 0.15) is 17.8 Å². The molecule has 1 atom stereocenters. The molecule has 0 saturated carbocycles. The number of aldehydes is 1. The van der Waals surface area contributed by atoms with Crippen LogP contribution < -0.4 is 4.74 Å². The zero-order chi connectivity index (χ0) is 14.4. The fourth-order valence-electron chi connectivity index (χ4n) is 2.33. The van der Waals surface area contributed by atoms with Crippen molar-refractivity contribution in [3.05, 3.63) is 59.7 Å². The topological polar surface area (TPSA) is 46.5 Å². The van der Waals surface area contributed by atoms with Crippen LogP contribution in [0.5, 0.6) is 11.5 Å². The molecule has 0 spiro atoms. The molecule has 2 aromatic rings. The molecular weight excluding hydrogens is 252 g/mol. The molecule has 3 nitrogen and oxygen atoms in total. The number of benzene rings is 2. The second-order valence-corrected chi connectivity index (χ2v) is 4.66. The molecule has 104 valence electrons. The van der Waals surface area contributed by atoms with Crippen molar-refractivity contribution in [1.29, 1.82) is 0 Å². The SMILES string of the molecule is COc1cccc(C(CCC=O)c2ccc(O)cc2)c1. The summed E-state index contributed by atoms with van der Waals surface area (Å²) in [5.41, 5.74) is 2.19. The van der Waals surface area contributed by atoms with E-state index in [-0.39, 0.29) is 11.7 Å². The predicted molar refractivity (Wildman–Crippen MR) is 78.2 cm³/mol. The number of phenols is 1. The molecule has 0 aliphatic heterocycles. The summed E-state index contributed by atoms with van der Waals surface area (Å²) >= 11 is 0. The number of carbonyl (C=O) groups is 1. The zero-order valence-corrected chi connectivity index (χ0v) is 11.5. The minimum absolute atomic E-state index is 0.121. The molecule has 0 aromatic heterocycles. The Hall–Kier alpha value is -2.29. The number of aromatic hydroxyl groups is 1. The molecule has 3 heteroatoms. The van der Waals surface area contributed by atoms with Crippen LogP contribution in [0, 0.1) is 0 Å². The molecule has 0 aliphatic carbocycles. The Morgan fingerprint density at radius 2 is 1.90 bits per heavy atom. The molecule has 20 heavy (non-hydrogen) atoms.